The van der Waals surface area contributed by atoms with Gasteiger partial charge in [0.15, 0.2) is 4.36 Å². The first kappa shape index (κ1) is 8.70. The Morgan fingerprint density at radius 1 is 1.64 bits per heavy atom. The number of aliphatic hydroxyl groups excluding tert-OH is 1. The van der Waals surface area contributed by atoms with E-state index in [2.05, 4.69) is 4.99 Å². The maximum atomic E-state index is 11.0. The lowest BCUT2D eigenvalue weighted by atomic mass is 10.5. The van der Waals surface area contributed by atoms with Crippen molar-refractivity contribution in [3.63, 3.8) is 0 Å². The Balaban J connectivity index is 2.93. The Morgan fingerprint density at radius 3 is 2.64 bits per heavy atom. The van der Waals surface area contributed by atoms with Crippen molar-refractivity contribution in [3.8, 4) is 0 Å². The molecule has 0 saturated carbocycles. The first-order chi connectivity index (χ1) is 5.09. The Morgan fingerprint density at radius 2 is 2.27 bits per heavy atom. The molecule has 0 fully saturated rings. The van der Waals surface area contributed by atoms with Crippen LogP contribution in [0.4, 0.5) is 0 Å². The van der Waals surface area contributed by atoms with Gasteiger partial charge >= 0.3 is 0 Å². The lowest BCUT2D eigenvalue weighted by Gasteiger charge is -1.96. The smallest absolute Gasteiger partial charge is 0.232 e. The zero-order valence-electron chi connectivity index (χ0n) is 5.49. The van der Waals surface area contributed by atoms with Gasteiger partial charge in [0.1, 0.15) is 5.04 Å². The number of hydrogen-bond acceptors (Lipinski definition) is 4. The average molecular weight is 196 g/mol. The molecule has 0 aliphatic carbocycles. The Labute approximate surface area is 69.1 Å². The van der Waals surface area contributed by atoms with Crippen LogP contribution in [0.15, 0.2) is 15.6 Å². The summed E-state index contributed by atoms with van der Waals surface area (Å²) >= 11 is 5.31. The summed E-state index contributed by atoms with van der Waals surface area (Å²) in [5.41, 5.74) is 0. The number of aliphatic imine (C=N–C) groups is 1. The van der Waals surface area contributed by atoms with E-state index < -0.39 is 9.84 Å². The van der Waals surface area contributed by atoms with E-state index in [0.717, 1.165) is 6.20 Å². The fourth-order valence-electron chi connectivity index (χ4n) is 0.669. The van der Waals surface area contributed by atoms with Crippen molar-refractivity contribution in [1.29, 1.82) is 0 Å². The molecule has 1 heterocycles. The van der Waals surface area contributed by atoms with Gasteiger partial charge in [-0.05, 0) is 0 Å². The van der Waals surface area contributed by atoms with E-state index in [1.165, 1.54) is 0 Å². The van der Waals surface area contributed by atoms with Crippen LogP contribution in [0.2, 0.25) is 0 Å². The number of aliphatic hydroxyl groups is 1. The fraction of sp³-hybridized carbons (Fsp3) is 0.400. The molecule has 0 aromatic carbocycles. The minimum absolute atomic E-state index is 0.0229. The van der Waals surface area contributed by atoms with E-state index in [0.29, 0.717) is 0 Å². The van der Waals surface area contributed by atoms with Gasteiger partial charge in [0.05, 0.1) is 6.20 Å². The second-order valence-electron chi connectivity index (χ2n) is 1.93. The van der Waals surface area contributed by atoms with Crippen molar-refractivity contribution in [3.05, 3.63) is 10.6 Å². The molecule has 0 aromatic heterocycles. The molecule has 0 amide bonds. The van der Waals surface area contributed by atoms with Gasteiger partial charge in [0.2, 0.25) is 9.84 Å². The molecule has 1 aliphatic rings. The number of rotatable bonds is 2. The van der Waals surface area contributed by atoms with Crippen molar-refractivity contribution in [2.24, 2.45) is 4.99 Å². The molecule has 4 nitrogen and oxygen atoms in total. The SMILES string of the molecule is O=S1(=O)C(Cl)=CN=C1CCO. The van der Waals surface area contributed by atoms with Gasteiger partial charge < -0.3 is 5.11 Å². The van der Waals surface area contributed by atoms with E-state index in [9.17, 15) is 8.42 Å². The molecule has 0 aromatic rings. The van der Waals surface area contributed by atoms with Crippen LogP contribution in [-0.2, 0) is 9.84 Å². The van der Waals surface area contributed by atoms with Crippen LogP contribution in [0.5, 0.6) is 0 Å². The van der Waals surface area contributed by atoms with Crippen molar-refractivity contribution >= 4 is 26.5 Å². The van der Waals surface area contributed by atoms with E-state index in [1.807, 2.05) is 0 Å². The van der Waals surface area contributed by atoms with Gasteiger partial charge in [-0.2, -0.15) is 0 Å². The summed E-state index contributed by atoms with van der Waals surface area (Å²) in [5, 5.41) is 8.37. The van der Waals surface area contributed by atoms with Crippen LogP contribution in [0.25, 0.3) is 0 Å². The summed E-state index contributed by atoms with van der Waals surface area (Å²) in [6, 6.07) is 0. The second-order valence-corrected chi connectivity index (χ2v) is 4.48. The molecule has 6 heteroatoms. The van der Waals surface area contributed by atoms with Crippen molar-refractivity contribution in [1.82, 2.24) is 0 Å². The van der Waals surface area contributed by atoms with Gasteiger partial charge in [0.25, 0.3) is 0 Å². The summed E-state index contributed by atoms with van der Waals surface area (Å²) in [6.45, 7) is -0.240. The third-order valence-electron chi connectivity index (χ3n) is 1.20. The highest BCUT2D eigenvalue weighted by molar-refractivity contribution is 8.11. The molecule has 0 radical (unpaired) electrons. The second kappa shape index (κ2) is 2.92. The Bertz CT molecular complexity index is 317. The molecule has 0 atom stereocenters. The molecule has 62 valence electrons. The number of nitrogens with zero attached hydrogens (tertiary/aromatic N) is 1. The van der Waals surface area contributed by atoms with Crippen molar-refractivity contribution in [2.45, 2.75) is 6.42 Å². The molecule has 1 aliphatic heterocycles. The highest BCUT2D eigenvalue weighted by Gasteiger charge is 2.27. The molecule has 0 unspecified atom stereocenters. The highest BCUT2D eigenvalue weighted by Crippen LogP contribution is 2.21. The van der Waals surface area contributed by atoms with Crippen LogP contribution < -0.4 is 0 Å². The van der Waals surface area contributed by atoms with Crippen LogP contribution >= 0.6 is 11.6 Å². The van der Waals surface area contributed by atoms with Crippen molar-refractivity contribution in [2.75, 3.05) is 6.61 Å². The molecule has 11 heavy (non-hydrogen) atoms. The predicted octanol–water partition coefficient (Wildman–Crippen LogP) is 0.233. The summed E-state index contributed by atoms with van der Waals surface area (Å²) in [4.78, 5) is 3.53. The van der Waals surface area contributed by atoms with Crippen molar-refractivity contribution < 1.29 is 13.5 Å². The molecule has 1 rings (SSSR count). The number of sulfone groups is 1. The van der Waals surface area contributed by atoms with E-state index in [4.69, 9.17) is 16.7 Å². The molecule has 1 N–H and O–H groups in total. The summed E-state index contributed by atoms with van der Waals surface area (Å²) < 4.78 is 21.8. The van der Waals surface area contributed by atoms with E-state index in [1.54, 1.807) is 0 Å². The number of hydrogen-bond donors (Lipinski definition) is 1. The maximum Gasteiger partial charge on any atom is 0.232 e. The molecular formula is C5H6ClNO3S. The Hall–Kier alpha value is -0.390. The highest BCUT2D eigenvalue weighted by atomic mass is 35.5. The fourth-order valence-corrected chi connectivity index (χ4v) is 1.95. The van der Waals surface area contributed by atoms with Crippen LogP contribution in [0.3, 0.4) is 0 Å². The average Bonchev–Trinajstić information content (AvgIpc) is 2.16. The van der Waals surface area contributed by atoms with E-state index >= 15 is 0 Å². The van der Waals surface area contributed by atoms with Crippen LogP contribution in [0.1, 0.15) is 6.42 Å². The zero-order valence-corrected chi connectivity index (χ0v) is 7.06. The number of halogens is 1. The predicted molar refractivity (Wildman–Crippen MR) is 42.0 cm³/mol. The minimum Gasteiger partial charge on any atom is -0.396 e. The largest absolute Gasteiger partial charge is 0.396 e. The maximum absolute atomic E-state index is 11.0. The quantitative estimate of drug-likeness (QED) is 0.686. The van der Waals surface area contributed by atoms with Gasteiger partial charge in [-0.3, -0.25) is 0 Å². The first-order valence-electron chi connectivity index (χ1n) is 2.87. The standard InChI is InChI=1S/C5H6ClNO3S/c6-4-3-7-5(1-2-8)11(4,9)10/h3,8H,1-2H2. The third kappa shape index (κ3) is 1.45. The molecular weight excluding hydrogens is 190 g/mol. The first-order valence-corrected chi connectivity index (χ1v) is 4.73. The zero-order chi connectivity index (χ0) is 8.48. The Kier molecular flexibility index (Phi) is 2.31. The van der Waals surface area contributed by atoms with Crippen LogP contribution in [-0.4, -0.2) is 25.2 Å². The normalized spacial score (nSPS) is 21.3. The monoisotopic (exact) mass is 195 g/mol. The molecule has 0 spiro atoms. The van der Waals surface area contributed by atoms with Gasteiger partial charge in [-0.15, -0.1) is 0 Å². The van der Waals surface area contributed by atoms with Gasteiger partial charge in [0, 0.05) is 13.0 Å². The van der Waals surface area contributed by atoms with Gasteiger partial charge in [-0.25, -0.2) is 13.4 Å². The van der Waals surface area contributed by atoms with E-state index in [-0.39, 0.29) is 22.4 Å². The summed E-state index contributed by atoms with van der Waals surface area (Å²) in [7, 11) is -3.51. The van der Waals surface area contributed by atoms with Gasteiger partial charge in [-0.1, -0.05) is 11.6 Å². The third-order valence-corrected chi connectivity index (χ3v) is 3.46. The van der Waals surface area contributed by atoms with Crippen LogP contribution in [0, 0.1) is 0 Å². The summed E-state index contributed by atoms with van der Waals surface area (Å²) in [6.07, 6.45) is 1.09. The topological polar surface area (TPSA) is 66.7 Å². The molecule has 0 bridgehead atoms. The minimum atomic E-state index is -3.51. The molecule has 0 saturated heterocycles. The lowest BCUT2D eigenvalue weighted by molar-refractivity contribution is 0.307. The lowest BCUT2D eigenvalue weighted by Crippen LogP contribution is -2.12. The summed E-state index contributed by atoms with van der Waals surface area (Å²) in [5.74, 6) is 0.